The van der Waals surface area contributed by atoms with Crippen molar-refractivity contribution in [3.05, 3.63) is 51.5 Å². The molecule has 2 aromatic carbocycles. The van der Waals surface area contributed by atoms with E-state index in [9.17, 15) is 9.59 Å². The second kappa shape index (κ2) is 8.50. The van der Waals surface area contributed by atoms with E-state index in [-0.39, 0.29) is 10.6 Å². The van der Waals surface area contributed by atoms with Crippen molar-refractivity contribution in [2.45, 2.75) is 13.3 Å². The zero-order valence-electron chi connectivity index (χ0n) is 14.5. The van der Waals surface area contributed by atoms with E-state index in [0.717, 1.165) is 5.56 Å². The van der Waals surface area contributed by atoms with Gasteiger partial charge >= 0.3 is 5.97 Å². The van der Waals surface area contributed by atoms with Crippen LogP contribution >= 0.6 is 23.2 Å². The van der Waals surface area contributed by atoms with Gasteiger partial charge in [-0.15, -0.1) is 0 Å². The van der Waals surface area contributed by atoms with E-state index in [1.165, 1.54) is 12.1 Å². The zero-order valence-corrected chi connectivity index (χ0v) is 16.0. The summed E-state index contributed by atoms with van der Waals surface area (Å²) in [4.78, 5) is 24.3. The molecule has 1 aliphatic heterocycles. The fourth-order valence-electron chi connectivity index (χ4n) is 2.49. The average Bonchev–Trinajstić information content (AvgIpc) is 2.89. The highest BCUT2D eigenvalue weighted by Crippen LogP contribution is 2.38. The first kappa shape index (κ1) is 19.3. The van der Waals surface area contributed by atoms with E-state index in [1.54, 1.807) is 25.1 Å². The van der Waals surface area contributed by atoms with Crippen LogP contribution in [0.3, 0.4) is 0 Å². The van der Waals surface area contributed by atoms with Gasteiger partial charge in [-0.25, -0.2) is 4.79 Å². The number of carbonyl (C=O) groups excluding carboxylic acids is 2. The molecule has 1 aliphatic rings. The van der Waals surface area contributed by atoms with Crippen LogP contribution in [-0.2, 0) is 9.53 Å². The highest BCUT2D eigenvalue weighted by Gasteiger charge is 2.20. The number of hydrogen-bond donors (Lipinski definition) is 1. The monoisotopic (exact) mass is 409 g/mol. The Labute approximate surface area is 166 Å². The van der Waals surface area contributed by atoms with Crippen LogP contribution in [0.25, 0.3) is 0 Å². The molecule has 0 spiro atoms. The number of ether oxygens (including phenoxy) is 3. The van der Waals surface area contributed by atoms with Gasteiger partial charge in [0.15, 0.2) is 18.1 Å². The maximum absolute atomic E-state index is 12.3. The Bertz CT molecular complexity index is 885. The van der Waals surface area contributed by atoms with Gasteiger partial charge in [0.1, 0.15) is 0 Å². The number of esters is 1. The molecule has 1 heterocycles. The second-order valence-corrected chi connectivity index (χ2v) is 6.69. The van der Waals surface area contributed by atoms with Crippen molar-refractivity contribution in [3.8, 4) is 11.5 Å². The molecule has 0 radical (unpaired) electrons. The number of amides is 1. The molecule has 8 heteroatoms. The lowest BCUT2D eigenvalue weighted by atomic mass is 10.2. The van der Waals surface area contributed by atoms with E-state index < -0.39 is 18.5 Å². The van der Waals surface area contributed by atoms with Gasteiger partial charge in [0.2, 0.25) is 0 Å². The molecule has 27 heavy (non-hydrogen) atoms. The maximum atomic E-state index is 12.3. The number of carbonyl (C=O) groups is 2. The molecular formula is C19H17Cl2NO5. The first-order valence-electron chi connectivity index (χ1n) is 8.27. The van der Waals surface area contributed by atoms with Crippen LogP contribution in [0.4, 0.5) is 5.69 Å². The summed E-state index contributed by atoms with van der Waals surface area (Å²) in [5.41, 5.74) is 1.46. The highest BCUT2D eigenvalue weighted by atomic mass is 35.5. The molecule has 6 nitrogen and oxygen atoms in total. The first-order chi connectivity index (χ1) is 13.0. The fraction of sp³-hybridized carbons (Fsp3) is 0.263. The van der Waals surface area contributed by atoms with E-state index in [2.05, 4.69) is 5.32 Å². The molecule has 0 saturated heterocycles. The molecular weight excluding hydrogens is 393 g/mol. The number of halogens is 2. The standard InChI is InChI=1S/C19H17Cl2NO5/c1-11-13(20)4-2-5-15(11)22-17(23)10-27-19(24)12-8-14(21)18-16(9-12)25-6-3-7-26-18/h2,4-5,8-9H,3,6-7,10H2,1H3,(H,22,23). The van der Waals surface area contributed by atoms with Gasteiger partial charge in [-0.1, -0.05) is 29.3 Å². The summed E-state index contributed by atoms with van der Waals surface area (Å²) in [5.74, 6) is -0.384. The third kappa shape index (κ3) is 4.64. The lowest BCUT2D eigenvalue weighted by Crippen LogP contribution is -2.21. The Hall–Kier alpha value is -2.44. The summed E-state index contributed by atoms with van der Waals surface area (Å²) in [5, 5.41) is 3.44. The van der Waals surface area contributed by atoms with Crippen LogP contribution in [0.1, 0.15) is 22.3 Å². The Morgan fingerprint density at radius 1 is 1.15 bits per heavy atom. The molecule has 0 aromatic heterocycles. The van der Waals surface area contributed by atoms with E-state index >= 15 is 0 Å². The number of benzene rings is 2. The molecule has 0 saturated carbocycles. The van der Waals surface area contributed by atoms with Gasteiger partial charge in [0.25, 0.3) is 5.91 Å². The van der Waals surface area contributed by atoms with Crippen LogP contribution in [0, 0.1) is 6.92 Å². The van der Waals surface area contributed by atoms with E-state index in [0.29, 0.717) is 41.8 Å². The summed E-state index contributed by atoms with van der Waals surface area (Å²) in [6.45, 7) is 2.28. The lowest BCUT2D eigenvalue weighted by molar-refractivity contribution is -0.119. The van der Waals surface area contributed by atoms with Gasteiger partial charge in [-0.3, -0.25) is 4.79 Å². The smallest absolute Gasteiger partial charge is 0.338 e. The maximum Gasteiger partial charge on any atom is 0.338 e. The Balaban J connectivity index is 1.64. The molecule has 3 rings (SSSR count). The van der Waals surface area contributed by atoms with E-state index in [1.807, 2.05) is 0 Å². The number of anilines is 1. The summed E-state index contributed by atoms with van der Waals surface area (Å²) in [6, 6.07) is 8.08. The number of rotatable bonds is 4. The van der Waals surface area contributed by atoms with Gasteiger partial charge in [-0.05, 0) is 36.8 Å². The summed E-state index contributed by atoms with van der Waals surface area (Å²) < 4.78 is 16.1. The van der Waals surface area contributed by atoms with Gasteiger partial charge in [0.05, 0.1) is 23.8 Å². The topological polar surface area (TPSA) is 73.9 Å². The van der Waals surface area contributed by atoms with Gasteiger partial charge in [0, 0.05) is 17.1 Å². The molecule has 0 aliphatic carbocycles. The zero-order chi connectivity index (χ0) is 19.4. The van der Waals surface area contributed by atoms with Crippen molar-refractivity contribution in [2.75, 3.05) is 25.1 Å². The molecule has 0 bridgehead atoms. The van der Waals surface area contributed by atoms with E-state index in [4.69, 9.17) is 37.4 Å². The van der Waals surface area contributed by atoms with Crippen molar-refractivity contribution in [2.24, 2.45) is 0 Å². The summed E-state index contributed by atoms with van der Waals surface area (Å²) in [6.07, 6.45) is 0.716. The predicted molar refractivity (Wildman–Crippen MR) is 102 cm³/mol. The van der Waals surface area contributed by atoms with Gasteiger partial charge in [-0.2, -0.15) is 0 Å². The van der Waals surface area contributed by atoms with Crippen molar-refractivity contribution in [3.63, 3.8) is 0 Å². The molecule has 0 unspecified atom stereocenters. The predicted octanol–water partition coefficient (Wildman–Crippen LogP) is 4.26. The van der Waals surface area contributed by atoms with Crippen molar-refractivity contribution < 1.29 is 23.8 Å². The third-order valence-electron chi connectivity index (χ3n) is 3.91. The van der Waals surface area contributed by atoms with Crippen LogP contribution in [-0.4, -0.2) is 31.7 Å². The third-order valence-corrected chi connectivity index (χ3v) is 4.60. The van der Waals surface area contributed by atoms with Gasteiger partial charge < -0.3 is 19.5 Å². The second-order valence-electron chi connectivity index (χ2n) is 5.87. The minimum atomic E-state index is -0.689. The molecule has 142 valence electrons. The minimum absolute atomic E-state index is 0.177. The lowest BCUT2D eigenvalue weighted by Gasteiger charge is -2.12. The quantitative estimate of drug-likeness (QED) is 0.763. The van der Waals surface area contributed by atoms with Crippen LogP contribution in [0.15, 0.2) is 30.3 Å². The summed E-state index contributed by atoms with van der Waals surface area (Å²) in [7, 11) is 0. The first-order valence-corrected chi connectivity index (χ1v) is 9.02. The molecule has 0 atom stereocenters. The normalized spacial score (nSPS) is 12.9. The fourth-order valence-corrected chi connectivity index (χ4v) is 2.93. The minimum Gasteiger partial charge on any atom is -0.489 e. The number of fused-ring (bicyclic) bond motifs is 1. The van der Waals surface area contributed by atoms with Crippen molar-refractivity contribution >= 4 is 40.8 Å². The molecule has 2 aromatic rings. The van der Waals surface area contributed by atoms with Crippen LogP contribution < -0.4 is 14.8 Å². The number of hydrogen-bond acceptors (Lipinski definition) is 5. The molecule has 1 N–H and O–H groups in total. The SMILES string of the molecule is Cc1c(Cl)cccc1NC(=O)COC(=O)c1cc(Cl)c2c(c1)OCCCO2. The highest BCUT2D eigenvalue weighted by molar-refractivity contribution is 6.32. The Kier molecular flexibility index (Phi) is 6.08. The van der Waals surface area contributed by atoms with Crippen LogP contribution in [0.5, 0.6) is 11.5 Å². The molecule has 0 fully saturated rings. The number of nitrogens with one attached hydrogen (secondary N) is 1. The largest absolute Gasteiger partial charge is 0.489 e. The summed E-state index contributed by atoms with van der Waals surface area (Å²) >= 11 is 12.2. The molecule has 1 amide bonds. The van der Waals surface area contributed by atoms with Crippen molar-refractivity contribution in [1.29, 1.82) is 0 Å². The average molecular weight is 410 g/mol. The Morgan fingerprint density at radius 2 is 1.93 bits per heavy atom. The Morgan fingerprint density at radius 3 is 2.74 bits per heavy atom. The van der Waals surface area contributed by atoms with Crippen LogP contribution in [0.2, 0.25) is 10.0 Å². The van der Waals surface area contributed by atoms with Crippen molar-refractivity contribution in [1.82, 2.24) is 0 Å².